The van der Waals surface area contributed by atoms with E-state index in [0.29, 0.717) is 16.6 Å². The molecule has 1 rings (SSSR count). The Labute approximate surface area is 102 Å². The summed E-state index contributed by atoms with van der Waals surface area (Å²) >= 11 is 3.28. The summed E-state index contributed by atoms with van der Waals surface area (Å²) < 4.78 is 6.01. The second-order valence-corrected chi connectivity index (χ2v) is 3.93. The Balaban J connectivity index is 2.80. The third-order valence-electron chi connectivity index (χ3n) is 1.99. The van der Waals surface area contributed by atoms with Crippen LogP contribution in [0.25, 0.3) is 0 Å². The average Bonchev–Trinajstić information content (AvgIpc) is 2.25. The number of hydrogen-bond donors (Lipinski definition) is 0. The van der Waals surface area contributed by atoms with E-state index in [1.54, 1.807) is 12.1 Å². The van der Waals surface area contributed by atoms with Crippen LogP contribution < -0.4 is 0 Å². The van der Waals surface area contributed by atoms with Gasteiger partial charge in [-0.25, -0.2) is 0 Å². The molecule has 0 fully saturated rings. The molecule has 0 aliphatic carbocycles. The van der Waals surface area contributed by atoms with Crippen molar-refractivity contribution in [1.29, 1.82) is 0 Å². The van der Waals surface area contributed by atoms with Gasteiger partial charge in [0.15, 0.2) is 0 Å². The quantitative estimate of drug-likeness (QED) is 0.360. The van der Waals surface area contributed by atoms with Crippen LogP contribution in [-0.2, 0) is 11.3 Å². The van der Waals surface area contributed by atoms with Crippen molar-refractivity contribution < 1.29 is 9.66 Å². The number of nitro benzene ring substituents is 1. The lowest BCUT2D eigenvalue weighted by Gasteiger charge is -2.05. The largest absolute Gasteiger partial charge is 0.372 e. The Hall–Kier alpha value is -1.20. The zero-order valence-electron chi connectivity index (χ0n) is 8.85. The van der Waals surface area contributed by atoms with Gasteiger partial charge in [-0.05, 0) is 13.0 Å². The summed E-state index contributed by atoms with van der Waals surface area (Å²) in [6.07, 6.45) is 3.72. The molecule has 4 nitrogen and oxygen atoms in total. The normalized spacial score (nSPS) is 10.9. The summed E-state index contributed by atoms with van der Waals surface area (Å²) in [5, 5.41) is 10.8. The lowest BCUT2D eigenvalue weighted by molar-refractivity contribution is -0.386. The number of nitro groups is 1. The molecule has 0 unspecified atom stereocenters. The molecule has 0 atom stereocenters. The molecule has 5 heteroatoms. The van der Waals surface area contributed by atoms with Crippen LogP contribution in [0.15, 0.2) is 34.8 Å². The molecule has 0 bridgehead atoms. The number of rotatable bonds is 5. The molecule has 0 saturated carbocycles. The van der Waals surface area contributed by atoms with Crippen LogP contribution in [0.3, 0.4) is 0 Å². The van der Waals surface area contributed by atoms with Crippen LogP contribution in [0.1, 0.15) is 12.5 Å². The Kier molecular flexibility index (Phi) is 5.14. The summed E-state index contributed by atoms with van der Waals surface area (Å²) in [6, 6.07) is 4.87. The summed E-state index contributed by atoms with van der Waals surface area (Å²) in [4.78, 5) is 10.4. The third kappa shape index (κ3) is 3.43. The fourth-order valence-electron chi connectivity index (χ4n) is 1.19. The summed E-state index contributed by atoms with van der Waals surface area (Å²) in [5.41, 5.74) is 0.645. The van der Waals surface area contributed by atoms with Crippen molar-refractivity contribution in [2.75, 3.05) is 6.61 Å². The van der Waals surface area contributed by atoms with Gasteiger partial charge in [-0.3, -0.25) is 10.1 Å². The van der Waals surface area contributed by atoms with Crippen molar-refractivity contribution >= 4 is 21.6 Å². The van der Waals surface area contributed by atoms with Gasteiger partial charge >= 0.3 is 0 Å². The van der Waals surface area contributed by atoms with E-state index in [4.69, 9.17) is 4.74 Å². The van der Waals surface area contributed by atoms with Gasteiger partial charge < -0.3 is 4.74 Å². The predicted octanol–water partition coefficient (Wildman–Crippen LogP) is 3.45. The average molecular weight is 286 g/mol. The molecule has 0 radical (unpaired) electrons. The predicted molar refractivity (Wildman–Crippen MR) is 65.3 cm³/mol. The van der Waals surface area contributed by atoms with Crippen LogP contribution in [0.2, 0.25) is 0 Å². The lowest BCUT2D eigenvalue weighted by Crippen LogP contribution is -1.99. The topological polar surface area (TPSA) is 52.4 Å². The van der Waals surface area contributed by atoms with Crippen molar-refractivity contribution in [3.05, 3.63) is 50.5 Å². The molecule has 0 aromatic heterocycles. The van der Waals surface area contributed by atoms with Crippen molar-refractivity contribution in [2.24, 2.45) is 0 Å². The van der Waals surface area contributed by atoms with Crippen LogP contribution in [0.4, 0.5) is 5.69 Å². The van der Waals surface area contributed by atoms with Crippen molar-refractivity contribution in [1.82, 2.24) is 0 Å². The zero-order chi connectivity index (χ0) is 12.0. The third-order valence-corrected chi connectivity index (χ3v) is 2.73. The number of hydrogen-bond acceptors (Lipinski definition) is 3. The molecule has 0 aliphatic heterocycles. The first-order chi connectivity index (χ1) is 7.66. The van der Waals surface area contributed by atoms with Gasteiger partial charge in [0.2, 0.25) is 0 Å². The minimum atomic E-state index is -0.404. The van der Waals surface area contributed by atoms with E-state index in [2.05, 4.69) is 15.9 Å². The van der Waals surface area contributed by atoms with E-state index >= 15 is 0 Å². The van der Waals surface area contributed by atoms with Crippen LogP contribution in [0, 0.1) is 10.1 Å². The standard InChI is InChI=1S/C11H12BrNO3/c1-2-3-7-16-8-9-10(12)5-4-6-11(9)13(14)15/h2-6H,7-8H2,1H3/b3-2+. The summed E-state index contributed by atoms with van der Waals surface area (Å²) in [6.45, 7) is 2.57. The first-order valence-electron chi connectivity index (χ1n) is 4.77. The summed E-state index contributed by atoms with van der Waals surface area (Å²) in [7, 11) is 0. The fraction of sp³-hybridized carbons (Fsp3) is 0.273. The van der Waals surface area contributed by atoms with E-state index in [-0.39, 0.29) is 12.3 Å². The summed E-state index contributed by atoms with van der Waals surface area (Å²) in [5.74, 6) is 0. The minimum absolute atomic E-state index is 0.0786. The molecule has 0 spiro atoms. The molecular weight excluding hydrogens is 274 g/mol. The van der Waals surface area contributed by atoms with E-state index in [9.17, 15) is 10.1 Å². The maximum Gasteiger partial charge on any atom is 0.276 e. The number of nitrogens with zero attached hydrogens (tertiary/aromatic N) is 1. The van der Waals surface area contributed by atoms with Gasteiger partial charge in [0.05, 0.1) is 23.7 Å². The smallest absolute Gasteiger partial charge is 0.276 e. The molecule has 0 aliphatic rings. The molecule has 0 heterocycles. The van der Waals surface area contributed by atoms with E-state index in [1.165, 1.54) is 6.07 Å². The van der Waals surface area contributed by atoms with E-state index in [0.717, 1.165) is 0 Å². The molecule has 0 saturated heterocycles. The maximum absolute atomic E-state index is 10.8. The molecule has 1 aromatic rings. The maximum atomic E-state index is 10.8. The first kappa shape index (κ1) is 12.9. The monoisotopic (exact) mass is 285 g/mol. The Morgan fingerprint density at radius 3 is 2.94 bits per heavy atom. The van der Waals surface area contributed by atoms with E-state index < -0.39 is 4.92 Å². The zero-order valence-corrected chi connectivity index (χ0v) is 10.4. The van der Waals surface area contributed by atoms with Crippen LogP contribution >= 0.6 is 15.9 Å². The highest BCUT2D eigenvalue weighted by Crippen LogP contribution is 2.27. The van der Waals surface area contributed by atoms with Crippen LogP contribution in [0.5, 0.6) is 0 Å². The first-order valence-corrected chi connectivity index (χ1v) is 5.56. The molecular formula is C11H12BrNO3. The van der Waals surface area contributed by atoms with Crippen molar-refractivity contribution in [3.8, 4) is 0 Å². The number of halogens is 1. The number of allylic oxidation sites excluding steroid dienone is 1. The molecule has 0 amide bonds. The Bertz CT molecular complexity index is 404. The van der Waals surface area contributed by atoms with Gasteiger partial charge in [0, 0.05) is 10.5 Å². The fourth-order valence-corrected chi connectivity index (χ4v) is 1.66. The molecule has 1 aromatic carbocycles. The van der Waals surface area contributed by atoms with Gasteiger partial charge in [0.25, 0.3) is 5.69 Å². The second kappa shape index (κ2) is 6.40. The molecule has 86 valence electrons. The molecule has 0 N–H and O–H groups in total. The van der Waals surface area contributed by atoms with Gasteiger partial charge in [-0.2, -0.15) is 0 Å². The number of ether oxygens (including phenoxy) is 1. The van der Waals surface area contributed by atoms with Crippen molar-refractivity contribution in [3.63, 3.8) is 0 Å². The lowest BCUT2D eigenvalue weighted by atomic mass is 10.2. The van der Waals surface area contributed by atoms with Crippen LogP contribution in [-0.4, -0.2) is 11.5 Å². The Morgan fingerprint density at radius 1 is 1.56 bits per heavy atom. The SMILES string of the molecule is C/C=C/COCc1c(Br)cccc1[N+](=O)[O-]. The highest BCUT2D eigenvalue weighted by atomic mass is 79.9. The van der Waals surface area contributed by atoms with Gasteiger partial charge in [-0.15, -0.1) is 0 Å². The highest BCUT2D eigenvalue weighted by Gasteiger charge is 2.15. The second-order valence-electron chi connectivity index (χ2n) is 3.08. The number of benzene rings is 1. The Morgan fingerprint density at radius 2 is 2.31 bits per heavy atom. The van der Waals surface area contributed by atoms with Crippen molar-refractivity contribution in [2.45, 2.75) is 13.5 Å². The minimum Gasteiger partial charge on any atom is -0.372 e. The van der Waals surface area contributed by atoms with Gasteiger partial charge in [-0.1, -0.05) is 34.1 Å². The van der Waals surface area contributed by atoms with E-state index in [1.807, 2.05) is 19.1 Å². The molecule has 16 heavy (non-hydrogen) atoms. The highest BCUT2D eigenvalue weighted by molar-refractivity contribution is 9.10. The van der Waals surface area contributed by atoms with Gasteiger partial charge in [0.1, 0.15) is 0 Å².